The summed E-state index contributed by atoms with van der Waals surface area (Å²) >= 11 is 0. The first-order chi connectivity index (χ1) is 6.87. The summed E-state index contributed by atoms with van der Waals surface area (Å²) in [7, 11) is 0. The summed E-state index contributed by atoms with van der Waals surface area (Å²) in [6, 6.07) is 0. The Balaban J connectivity index is 3.81. The Morgan fingerprint density at radius 3 is 2.53 bits per heavy atom. The highest BCUT2D eigenvalue weighted by Gasteiger charge is 2.13. The van der Waals surface area contributed by atoms with Crippen molar-refractivity contribution >= 4 is 0 Å². The molecule has 1 nitrogen and oxygen atoms in total. The van der Waals surface area contributed by atoms with E-state index in [1.807, 2.05) is 0 Å². The van der Waals surface area contributed by atoms with Crippen molar-refractivity contribution in [2.24, 2.45) is 5.92 Å². The van der Waals surface area contributed by atoms with E-state index in [1.165, 1.54) is 18.4 Å². The standard InChI is InChI=1S/C14H26O/c1-6-14(5,15)11-7-8-13(4)10-9-12(2)3/h6,8,12,15H,1,7,9-11H2,2-5H3. The molecule has 0 rings (SSSR count). The predicted molar refractivity (Wildman–Crippen MR) is 67.9 cm³/mol. The van der Waals surface area contributed by atoms with Crippen LogP contribution in [0.15, 0.2) is 24.3 Å². The fraction of sp³-hybridized carbons (Fsp3) is 0.714. The third kappa shape index (κ3) is 8.44. The van der Waals surface area contributed by atoms with Gasteiger partial charge in [0.15, 0.2) is 0 Å². The minimum atomic E-state index is -0.713. The quantitative estimate of drug-likeness (QED) is 0.628. The van der Waals surface area contributed by atoms with Gasteiger partial charge in [0.1, 0.15) is 0 Å². The van der Waals surface area contributed by atoms with Gasteiger partial charge in [-0.1, -0.05) is 31.6 Å². The molecule has 1 N–H and O–H groups in total. The molecule has 0 bridgehead atoms. The summed E-state index contributed by atoms with van der Waals surface area (Å²) in [5.41, 5.74) is 0.720. The van der Waals surface area contributed by atoms with E-state index in [0.29, 0.717) is 0 Å². The van der Waals surface area contributed by atoms with Crippen LogP contribution < -0.4 is 0 Å². The Hall–Kier alpha value is -0.560. The number of rotatable bonds is 7. The first kappa shape index (κ1) is 14.4. The highest BCUT2D eigenvalue weighted by atomic mass is 16.3. The molecule has 0 fully saturated rings. The van der Waals surface area contributed by atoms with Crippen LogP contribution in [0.5, 0.6) is 0 Å². The van der Waals surface area contributed by atoms with Gasteiger partial charge >= 0.3 is 0 Å². The summed E-state index contributed by atoms with van der Waals surface area (Å²) in [5, 5.41) is 9.71. The lowest BCUT2D eigenvalue weighted by Gasteiger charge is -2.17. The van der Waals surface area contributed by atoms with E-state index in [9.17, 15) is 5.11 Å². The molecule has 1 heteroatoms. The van der Waals surface area contributed by atoms with Gasteiger partial charge in [-0.15, -0.1) is 6.58 Å². The Labute approximate surface area is 94.9 Å². The van der Waals surface area contributed by atoms with E-state index in [-0.39, 0.29) is 0 Å². The molecule has 0 amide bonds. The monoisotopic (exact) mass is 210 g/mol. The van der Waals surface area contributed by atoms with Gasteiger partial charge in [-0.2, -0.15) is 0 Å². The number of allylic oxidation sites excluding steroid dienone is 2. The van der Waals surface area contributed by atoms with Crippen LogP contribution in [-0.4, -0.2) is 10.7 Å². The summed E-state index contributed by atoms with van der Waals surface area (Å²) in [6.45, 7) is 12.1. The SMILES string of the molecule is C=CC(C)(O)CCC=C(C)CCC(C)C. The molecule has 0 aliphatic rings. The molecule has 0 saturated heterocycles. The molecule has 1 atom stereocenters. The van der Waals surface area contributed by atoms with Crippen molar-refractivity contribution in [1.29, 1.82) is 0 Å². The normalized spacial score (nSPS) is 16.5. The predicted octanol–water partition coefficient (Wildman–Crippen LogP) is 4.09. The summed E-state index contributed by atoms with van der Waals surface area (Å²) in [6.07, 6.45) is 7.97. The van der Waals surface area contributed by atoms with Gasteiger partial charge < -0.3 is 5.11 Å². The van der Waals surface area contributed by atoms with Gasteiger partial charge in [0.05, 0.1) is 5.60 Å². The third-order valence-corrected chi connectivity index (χ3v) is 2.70. The first-order valence-electron chi connectivity index (χ1n) is 5.89. The Morgan fingerprint density at radius 1 is 1.47 bits per heavy atom. The van der Waals surface area contributed by atoms with Crippen molar-refractivity contribution in [3.05, 3.63) is 24.3 Å². The second-order valence-electron chi connectivity index (χ2n) is 5.08. The number of aliphatic hydroxyl groups is 1. The van der Waals surface area contributed by atoms with Crippen molar-refractivity contribution in [1.82, 2.24) is 0 Å². The molecule has 88 valence electrons. The summed E-state index contributed by atoms with van der Waals surface area (Å²) in [4.78, 5) is 0. The maximum absolute atomic E-state index is 9.71. The molecular formula is C14H26O. The van der Waals surface area contributed by atoms with E-state index >= 15 is 0 Å². The Bertz CT molecular complexity index is 211. The molecule has 0 saturated carbocycles. The van der Waals surface area contributed by atoms with E-state index in [1.54, 1.807) is 13.0 Å². The van der Waals surface area contributed by atoms with Crippen molar-refractivity contribution in [2.45, 2.75) is 59.0 Å². The van der Waals surface area contributed by atoms with E-state index in [0.717, 1.165) is 18.8 Å². The molecule has 0 aliphatic carbocycles. The van der Waals surface area contributed by atoms with E-state index < -0.39 is 5.60 Å². The van der Waals surface area contributed by atoms with Crippen molar-refractivity contribution in [3.63, 3.8) is 0 Å². The molecule has 1 unspecified atom stereocenters. The van der Waals surface area contributed by atoms with Crippen LogP contribution in [0, 0.1) is 5.92 Å². The van der Waals surface area contributed by atoms with Crippen LogP contribution in [0.2, 0.25) is 0 Å². The first-order valence-corrected chi connectivity index (χ1v) is 5.89. The average molecular weight is 210 g/mol. The fourth-order valence-corrected chi connectivity index (χ4v) is 1.33. The topological polar surface area (TPSA) is 20.2 Å². The maximum atomic E-state index is 9.71. The minimum absolute atomic E-state index is 0.713. The molecule has 0 spiro atoms. The lowest BCUT2D eigenvalue weighted by Crippen LogP contribution is -2.19. The lowest BCUT2D eigenvalue weighted by molar-refractivity contribution is 0.103. The molecule has 0 aromatic rings. The second kappa shape index (κ2) is 6.84. The molecule has 0 aliphatic heterocycles. The molecule has 0 radical (unpaired) electrons. The van der Waals surface area contributed by atoms with Crippen molar-refractivity contribution < 1.29 is 5.11 Å². The molecule has 0 aromatic carbocycles. The largest absolute Gasteiger partial charge is 0.386 e. The fourth-order valence-electron chi connectivity index (χ4n) is 1.33. The van der Waals surface area contributed by atoms with Gasteiger partial charge in [0.2, 0.25) is 0 Å². The highest BCUT2D eigenvalue weighted by molar-refractivity contribution is 5.00. The minimum Gasteiger partial charge on any atom is -0.386 e. The smallest absolute Gasteiger partial charge is 0.0800 e. The molecule has 15 heavy (non-hydrogen) atoms. The molecular weight excluding hydrogens is 184 g/mol. The van der Waals surface area contributed by atoms with Gasteiger partial charge in [-0.25, -0.2) is 0 Å². The number of hydrogen-bond acceptors (Lipinski definition) is 1. The van der Waals surface area contributed by atoms with E-state index in [4.69, 9.17) is 0 Å². The number of hydrogen-bond donors (Lipinski definition) is 1. The van der Waals surface area contributed by atoms with Gasteiger partial charge in [-0.05, 0) is 45.4 Å². The summed E-state index contributed by atoms with van der Waals surface area (Å²) < 4.78 is 0. The molecule has 0 aromatic heterocycles. The zero-order valence-corrected chi connectivity index (χ0v) is 10.7. The summed E-state index contributed by atoms with van der Waals surface area (Å²) in [5.74, 6) is 0.768. The Kier molecular flexibility index (Phi) is 6.58. The average Bonchev–Trinajstić information content (AvgIpc) is 2.14. The zero-order valence-electron chi connectivity index (χ0n) is 10.7. The van der Waals surface area contributed by atoms with Crippen LogP contribution >= 0.6 is 0 Å². The second-order valence-corrected chi connectivity index (χ2v) is 5.08. The molecule has 0 heterocycles. The van der Waals surface area contributed by atoms with Crippen LogP contribution in [0.3, 0.4) is 0 Å². The zero-order chi connectivity index (χ0) is 11.9. The van der Waals surface area contributed by atoms with Crippen molar-refractivity contribution in [2.75, 3.05) is 0 Å². The maximum Gasteiger partial charge on any atom is 0.0800 e. The van der Waals surface area contributed by atoms with Crippen LogP contribution in [0.1, 0.15) is 53.4 Å². The highest BCUT2D eigenvalue weighted by Crippen LogP contribution is 2.16. The third-order valence-electron chi connectivity index (χ3n) is 2.70. The van der Waals surface area contributed by atoms with Crippen LogP contribution in [0.25, 0.3) is 0 Å². The van der Waals surface area contributed by atoms with Crippen LogP contribution in [-0.2, 0) is 0 Å². The van der Waals surface area contributed by atoms with Gasteiger partial charge in [0.25, 0.3) is 0 Å². The van der Waals surface area contributed by atoms with E-state index in [2.05, 4.69) is 33.4 Å². The van der Waals surface area contributed by atoms with Gasteiger partial charge in [0, 0.05) is 0 Å². The lowest BCUT2D eigenvalue weighted by atomic mass is 9.98. The van der Waals surface area contributed by atoms with Crippen molar-refractivity contribution in [3.8, 4) is 0 Å². The van der Waals surface area contributed by atoms with Crippen LogP contribution in [0.4, 0.5) is 0 Å². The van der Waals surface area contributed by atoms with Gasteiger partial charge in [-0.3, -0.25) is 0 Å². The Morgan fingerprint density at radius 2 is 2.07 bits per heavy atom.